The van der Waals surface area contributed by atoms with Crippen LogP contribution in [0.1, 0.15) is 18.1 Å². The summed E-state index contributed by atoms with van der Waals surface area (Å²) < 4.78 is 54.3. The summed E-state index contributed by atoms with van der Waals surface area (Å²) in [6, 6.07) is 19.6. The smallest absolute Gasteiger partial charge is 0.264 e. The fourth-order valence-electron chi connectivity index (χ4n) is 3.97. The Morgan fingerprint density at radius 2 is 1.51 bits per heavy atom. The SMILES string of the molecule is CC(=O)NS(=O)(=O)c1ccc(NC(=O)Cn2cc(S(=O)(=O)Cc3ccccc3C)c3ccccc32)cc1. The summed E-state index contributed by atoms with van der Waals surface area (Å²) in [5, 5.41) is 3.20. The number of aryl methyl sites for hydroxylation is 1. The summed E-state index contributed by atoms with van der Waals surface area (Å²) in [6.07, 6.45) is 1.47. The first kappa shape index (κ1) is 26.1. The van der Waals surface area contributed by atoms with Gasteiger partial charge in [0.25, 0.3) is 10.0 Å². The van der Waals surface area contributed by atoms with Crippen LogP contribution in [0, 0.1) is 6.92 Å². The van der Waals surface area contributed by atoms with E-state index in [-0.39, 0.29) is 22.1 Å². The van der Waals surface area contributed by atoms with Gasteiger partial charge in [0.2, 0.25) is 11.8 Å². The predicted octanol–water partition coefficient (Wildman–Crippen LogP) is 3.39. The third kappa shape index (κ3) is 5.89. The standard InChI is InChI=1S/C26H25N3O6S2/c1-18-7-3-4-8-20(18)17-36(32,33)25-15-29(24-10-6-5-9-23(24)25)16-26(31)27-21-11-13-22(14-12-21)37(34,35)28-19(2)30/h3-15H,16-17H2,1-2H3,(H,27,31)(H,28,30). The van der Waals surface area contributed by atoms with Gasteiger partial charge in [0.15, 0.2) is 9.84 Å². The van der Waals surface area contributed by atoms with Gasteiger partial charge in [0.1, 0.15) is 6.54 Å². The van der Waals surface area contributed by atoms with Crippen molar-refractivity contribution in [1.29, 1.82) is 0 Å². The zero-order valence-electron chi connectivity index (χ0n) is 20.1. The number of nitrogens with one attached hydrogen (secondary N) is 2. The number of sulfone groups is 1. The summed E-state index contributed by atoms with van der Waals surface area (Å²) in [6.45, 7) is 2.79. The average molecular weight is 540 g/mol. The first-order chi connectivity index (χ1) is 17.5. The van der Waals surface area contributed by atoms with Crippen LogP contribution in [0.15, 0.2) is 88.8 Å². The molecule has 1 aromatic heterocycles. The minimum atomic E-state index is -3.99. The van der Waals surface area contributed by atoms with Crippen LogP contribution < -0.4 is 10.0 Å². The molecule has 0 aliphatic rings. The van der Waals surface area contributed by atoms with Gasteiger partial charge in [-0.15, -0.1) is 0 Å². The lowest BCUT2D eigenvalue weighted by Crippen LogP contribution is -2.28. The van der Waals surface area contributed by atoms with Crippen LogP contribution >= 0.6 is 0 Å². The normalized spacial score (nSPS) is 11.8. The first-order valence-electron chi connectivity index (χ1n) is 11.2. The van der Waals surface area contributed by atoms with E-state index in [1.807, 2.05) is 23.8 Å². The number of amides is 2. The maximum Gasteiger partial charge on any atom is 0.264 e. The largest absolute Gasteiger partial charge is 0.337 e. The van der Waals surface area contributed by atoms with Crippen LogP contribution in [0.25, 0.3) is 10.9 Å². The minimum absolute atomic E-state index is 0.124. The number of anilines is 1. The molecule has 4 aromatic rings. The van der Waals surface area contributed by atoms with Gasteiger partial charge in [-0.05, 0) is 48.4 Å². The van der Waals surface area contributed by atoms with Crippen LogP contribution in [-0.4, -0.2) is 33.2 Å². The molecule has 0 spiro atoms. The molecule has 0 saturated heterocycles. The number of hydrogen-bond acceptors (Lipinski definition) is 6. The van der Waals surface area contributed by atoms with Crippen molar-refractivity contribution in [2.45, 2.75) is 35.9 Å². The molecule has 0 saturated carbocycles. The first-order valence-corrected chi connectivity index (χ1v) is 14.4. The van der Waals surface area contributed by atoms with Gasteiger partial charge in [-0.25, -0.2) is 21.6 Å². The van der Waals surface area contributed by atoms with E-state index in [4.69, 9.17) is 0 Å². The van der Waals surface area contributed by atoms with Crippen molar-refractivity contribution in [3.8, 4) is 0 Å². The third-order valence-corrected chi connectivity index (χ3v) is 8.87. The summed E-state index contributed by atoms with van der Waals surface area (Å²) in [5.74, 6) is -1.30. The predicted molar refractivity (Wildman–Crippen MR) is 140 cm³/mol. The molecule has 0 fully saturated rings. The van der Waals surface area contributed by atoms with Crippen LogP contribution in [0.3, 0.4) is 0 Å². The van der Waals surface area contributed by atoms with Gasteiger partial charge in [-0.2, -0.15) is 0 Å². The monoisotopic (exact) mass is 539 g/mol. The van der Waals surface area contributed by atoms with E-state index in [1.54, 1.807) is 41.0 Å². The molecule has 9 nitrogen and oxygen atoms in total. The van der Waals surface area contributed by atoms with Crippen LogP contribution in [0.5, 0.6) is 0 Å². The number of nitrogens with zero attached hydrogens (tertiary/aromatic N) is 1. The van der Waals surface area contributed by atoms with Crippen LogP contribution in [0.2, 0.25) is 0 Å². The fourth-order valence-corrected chi connectivity index (χ4v) is 6.64. The molecule has 1 heterocycles. The second-order valence-corrected chi connectivity index (χ2v) is 12.2. The number of para-hydroxylation sites is 1. The lowest BCUT2D eigenvalue weighted by Gasteiger charge is -2.09. The second-order valence-electron chi connectivity index (χ2n) is 8.56. The molecule has 11 heteroatoms. The third-order valence-electron chi connectivity index (χ3n) is 5.73. The summed E-state index contributed by atoms with van der Waals surface area (Å²) in [5.41, 5.74) is 2.53. The zero-order chi connectivity index (χ0) is 26.8. The number of benzene rings is 3. The van der Waals surface area contributed by atoms with Crippen molar-refractivity contribution >= 4 is 48.3 Å². The van der Waals surface area contributed by atoms with Crippen molar-refractivity contribution < 1.29 is 26.4 Å². The number of sulfonamides is 1. The van der Waals surface area contributed by atoms with E-state index in [1.165, 1.54) is 30.5 Å². The van der Waals surface area contributed by atoms with Crippen molar-refractivity contribution in [2.75, 3.05) is 5.32 Å². The highest BCUT2D eigenvalue weighted by atomic mass is 32.2. The number of aromatic nitrogens is 1. The van der Waals surface area contributed by atoms with Gasteiger partial charge < -0.3 is 9.88 Å². The van der Waals surface area contributed by atoms with E-state index < -0.39 is 31.7 Å². The lowest BCUT2D eigenvalue weighted by molar-refractivity contribution is -0.117. The summed E-state index contributed by atoms with van der Waals surface area (Å²) in [4.78, 5) is 23.9. The number of carbonyl (C=O) groups excluding carboxylic acids is 2. The Morgan fingerprint density at radius 1 is 0.865 bits per heavy atom. The van der Waals surface area contributed by atoms with Crippen molar-refractivity contribution in [2.24, 2.45) is 0 Å². The van der Waals surface area contributed by atoms with Gasteiger partial charge in [-0.3, -0.25) is 9.59 Å². The van der Waals surface area contributed by atoms with E-state index in [0.717, 1.165) is 12.5 Å². The molecule has 0 atom stereocenters. The minimum Gasteiger partial charge on any atom is -0.337 e. The molecule has 0 aliphatic carbocycles. The maximum absolute atomic E-state index is 13.3. The van der Waals surface area contributed by atoms with Crippen molar-refractivity contribution in [1.82, 2.24) is 9.29 Å². The number of hydrogen-bond donors (Lipinski definition) is 2. The Morgan fingerprint density at radius 3 is 2.19 bits per heavy atom. The summed E-state index contributed by atoms with van der Waals surface area (Å²) >= 11 is 0. The Labute approximate surface area is 215 Å². The molecule has 37 heavy (non-hydrogen) atoms. The summed E-state index contributed by atoms with van der Waals surface area (Å²) in [7, 11) is -7.69. The fraction of sp³-hybridized carbons (Fsp3) is 0.154. The Bertz CT molecular complexity index is 1710. The molecule has 0 aliphatic heterocycles. The highest BCUT2D eigenvalue weighted by molar-refractivity contribution is 7.91. The molecule has 192 valence electrons. The molecule has 0 bridgehead atoms. The molecule has 0 unspecified atom stereocenters. The number of rotatable bonds is 8. The molecule has 0 radical (unpaired) electrons. The topological polar surface area (TPSA) is 131 Å². The maximum atomic E-state index is 13.3. The molecular formula is C26H25N3O6S2. The molecule has 2 N–H and O–H groups in total. The number of fused-ring (bicyclic) bond motifs is 1. The molecule has 3 aromatic carbocycles. The average Bonchev–Trinajstić information content (AvgIpc) is 3.19. The molecular weight excluding hydrogens is 514 g/mol. The van der Waals surface area contributed by atoms with E-state index in [2.05, 4.69) is 5.32 Å². The van der Waals surface area contributed by atoms with Gasteiger partial charge in [0, 0.05) is 29.7 Å². The van der Waals surface area contributed by atoms with Crippen LogP contribution in [-0.2, 0) is 41.7 Å². The van der Waals surface area contributed by atoms with E-state index in [9.17, 15) is 26.4 Å². The van der Waals surface area contributed by atoms with Gasteiger partial charge in [-0.1, -0.05) is 42.5 Å². The van der Waals surface area contributed by atoms with E-state index in [0.29, 0.717) is 22.2 Å². The zero-order valence-corrected chi connectivity index (χ0v) is 21.8. The highest BCUT2D eigenvalue weighted by Crippen LogP contribution is 2.29. The van der Waals surface area contributed by atoms with Gasteiger partial charge in [0.05, 0.1) is 15.5 Å². The number of carbonyl (C=O) groups is 2. The Hall–Kier alpha value is -3.96. The molecule has 2 amide bonds. The Kier molecular flexibility index (Phi) is 7.19. The lowest BCUT2D eigenvalue weighted by atomic mass is 10.1. The molecule has 4 rings (SSSR count). The van der Waals surface area contributed by atoms with Gasteiger partial charge >= 0.3 is 0 Å². The highest BCUT2D eigenvalue weighted by Gasteiger charge is 2.23. The quantitative estimate of drug-likeness (QED) is 0.353. The van der Waals surface area contributed by atoms with Crippen molar-refractivity contribution in [3.63, 3.8) is 0 Å². The Balaban J connectivity index is 1.56. The van der Waals surface area contributed by atoms with Crippen molar-refractivity contribution in [3.05, 3.63) is 90.1 Å². The second kappa shape index (κ2) is 10.2. The van der Waals surface area contributed by atoms with Crippen LogP contribution in [0.4, 0.5) is 5.69 Å². The van der Waals surface area contributed by atoms with E-state index >= 15 is 0 Å².